The maximum Gasteiger partial charge on any atom is 0.313 e. The molecule has 8 nitrogen and oxygen atoms in total. The maximum absolute atomic E-state index is 14.1. The van der Waals surface area contributed by atoms with E-state index in [1.54, 1.807) is 11.8 Å². The van der Waals surface area contributed by atoms with Gasteiger partial charge in [0, 0.05) is 12.6 Å². The van der Waals surface area contributed by atoms with Crippen molar-refractivity contribution in [1.82, 2.24) is 9.80 Å². The summed E-state index contributed by atoms with van der Waals surface area (Å²) in [5.41, 5.74) is -2.40. The average molecular weight is 461 g/mol. The van der Waals surface area contributed by atoms with Crippen LogP contribution in [0.5, 0.6) is 0 Å². The number of hydrogen-bond donors (Lipinski definition) is 1. The molecule has 2 saturated heterocycles. The number of likely N-dealkylation sites (tertiary alicyclic amines) is 1. The van der Waals surface area contributed by atoms with Crippen molar-refractivity contribution in [2.45, 2.75) is 76.8 Å². The van der Waals surface area contributed by atoms with Gasteiger partial charge in [-0.25, -0.2) is 0 Å². The van der Waals surface area contributed by atoms with Gasteiger partial charge >= 0.3 is 5.97 Å². The molecule has 1 spiro atoms. The SMILES string of the molecule is CC(C)[C@H](CO)N1C(=O)[C@@H]2[C@H]3C(=O)OCCC/C=C\[C@@]3(C)O[C@@]23C=CCN(C(C)C)C(=O)C13. The topological polar surface area (TPSA) is 96.4 Å². The molecule has 8 heteroatoms. The molecule has 0 aromatic rings. The number of hydrogen-bond acceptors (Lipinski definition) is 6. The van der Waals surface area contributed by atoms with Gasteiger partial charge in [0.15, 0.2) is 0 Å². The molecule has 6 atom stereocenters. The monoisotopic (exact) mass is 460 g/mol. The van der Waals surface area contributed by atoms with E-state index in [1.807, 2.05) is 52.0 Å². The third-order valence-corrected chi connectivity index (χ3v) is 7.66. The molecule has 0 aromatic heterocycles. The zero-order chi connectivity index (χ0) is 24.1. The number of fused-ring (bicyclic) bond motifs is 2. The van der Waals surface area contributed by atoms with Gasteiger partial charge in [0.05, 0.1) is 30.8 Å². The fourth-order valence-electron chi connectivity index (χ4n) is 6.03. The summed E-state index contributed by atoms with van der Waals surface area (Å²) in [5, 5.41) is 10.2. The summed E-state index contributed by atoms with van der Waals surface area (Å²) in [7, 11) is 0. The van der Waals surface area contributed by atoms with Crippen LogP contribution in [0.2, 0.25) is 0 Å². The summed E-state index contributed by atoms with van der Waals surface area (Å²) in [6, 6.07) is -1.63. The normalized spacial score (nSPS) is 38.3. The highest BCUT2D eigenvalue weighted by Gasteiger charge is 2.75. The van der Waals surface area contributed by atoms with Crippen molar-refractivity contribution >= 4 is 17.8 Å². The number of aliphatic hydroxyl groups is 1. The summed E-state index contributed by atoms with van der Waals surface area (Å²) in [6.45, 7) is 9.87. The van der Waals surface area contributed by atoms with E-state index in [2.05, 4.69) is 0 Å². The summed E-state index contributed by atoms with van der Waals surface area (Å²) in [4.78, 5) is 44.6. The van der Waals surface area contributed by atoms with Crippen molar-refractivity contribution in [1.29, 1.82) is 0 Å². The van der Waals surface area contributed by atoms with E-state index in [9.17, 15) is 19.5 Å². The van der Waals surface area contributed by atoms with E-state index in [-0.39, 0.29) is 37.0 Å². The van der Waals surface area contributed by atoms with Crippen molar-refractivity contribution in [3.63, 3.8) is 0 Å². The summed E-state index contributed by atoms with van der Waals surface area (Å²) < 4.78 is 12.3. The minimum Gasteiger partial charge on any atom is -0.465 e. The quantitative estimate of drug-likeness (QED) is 0.507. The molecule has 0 bridgehead atoms. The fraction of sp³-hybridized carbons (Fsp3) is 0.720. The summed E-state index contributed by atoms with van der Waals surface area (Å²) >= 11 is 0. The summed E-state index contributed by atoms with van der Waals surface area (Å²) in [5.74, 6) is -2.94. The maximum atomic E-state index is 14.1. The second kappa shape index (κ2) is 8.55. The van der Waals surface area contributed by atoms with Gasteiger partial charge in [-0.05, 0) is 39.5 Å². The Bertz CT molecular complexity index is 882. The minimum atomic E-state index is -1.32. The van der Waals surface area contributed by atoms with Crippen LogP contribution in [0.4, 0.5) is 0 Å². The Morgan fingerprint density at radius 2 is 1.82 bits per heavy atom. The van der Waals surface area contributed by atoms with Gasteiger partial charge < -0.3 is 24.4 Å². The minimum absolute atomic E-state index is 0.0843. The van der Waals surface area contributed by atoms with Gasteiger partial charge in [-0.2, -0.15) is 0 Å². The smallest absolute Gasteiger partial charge is 0.313 e. The average Bonchev–Trinajstić information content (AvgIpc) is 3.08. The zero-order valence-electron chi connectivity index (χ0n) is 20.2. The number of carbonyl (C=O) groups is 3. The number of nitrogens with zero attached hydrogens (tertiary/aromatic N) is 2. The van der Waals surface area contributed by atoms with Gasteiger partial charge in [-0.1, -0.05) is 38.2 Å². The molecule has 2 fully saturated rings. The largest absolute Gasteiger partial charge is 0.465 e. The first-order valence-corrected chi connectivity index (χ1v) is 12.0. The second-order valence-corrected chi connectivity index (χ2v) is 10.4. The van der Waals surface area contributed by atoms with Crippen LogP contribution in [-0.2, 0) is 23.9 Å². The lowest BCUT2D eigenvalue weighted by Gasteiger charge is -2.41. The number of cyclic esters (lactones) is 1. The van der Waals surface area contributed by atoms with Crippen LogP contribution in [-0.4, -0.2) is 81.8 Å². The number of amides is 2. The number of carbonyl (C=O) groups excluding carboxylic acids is 3. The third kappa shape index (κ3) is 3.53. The molecule has 4 rings (SSSR count). The van der Waals surface area contributed by atoms with Gasteiger partial charge in [0.2, 0.25) is 11.8 Å². The van der Waals surface area contributed by atoms with Crippen molar-refractivity contribution < 1.29 is 29.0 Å². The Morgan fingerprint density at radius 1 is 1.09 bits per heavy atom. The van der Waals surface area contributed by atoms with Crippen LogP contribution in [0.15, 0.2) is 24.3 Å². The molecule has 1 N–H and O–H groups in total. The van der Waals surface area contributed by atoms with Crippen LogP contribution in [0, 0.1) is 17.8 Å². The molecule has 2 amide bonds. The van der Waals surface area contributed by atoms with Gasteiger partial charge in [-0.3, -0.25) is 14.4 Å². The van der Waals surface area contributed by atoms with Crippen LogP contribution < -0.4 is 0 Å². The predicted molar refractivity (Wildman–Crippen MR) is 121 cm³/mol. The fourth-order valence-corrected chi connectivity index (χ4v) is 6.03. The zero-order valence-corrected chi connectivity index (χ0v) is 20.2. The first kappa shape index (κ1) is 24.0. The Hall–Kier alpha value is -2.19. The highest BCUT2D eigenvalue weighted by molar-refractivity contribution is 5.99. The second-order valence-electron chi connectivity index (χ2n) is 10.4. The van der Waals surface area contributed by atoms with E-state index in [4.69, 9.17) is 9.47 Å². The number of esters is 1. The lowest BCUT2D eigenvalue weighted by atomic mass is 9.74. The van der Waals surface area contributed by atoms with E-state index in [0.29, 0.717) is 13.0 Å². The number of aliphatic hydroxyl groups excluding tert-OH is 1. The first-order chi connectivity index (χ1) is 15.6. The van der Waals surface area contributed by atoms with Crippen LogP contribution >= 0.6 is 0 Å². The molecule has 182 valence electrons. The van der Waals surface area contributed by atoms with Crippen molar-refractivity contribution in [2.75, 3.05) is 19.8 Å². The highest BCUT2D eigenvalue weighted by atomic mass is 16.6. The van der Waals surface area contributed by atoms with Crippen molar-refractivity contribution in [3.8, 4) is 0 Å². The molecule has 4 aliphatic rings. The first-order valence-electron chi connectivity index (χ1n) is 12.0. The van der Waals surface area contributed by atoms with Gasteiger partial charge in [0.25, 0.3) is 0 Å². The number of allylic oxidation sites excluding steroid dienone is 1. The molecule has 33 heavy (non-hydrogen) atoms. The molecule has 0 aliphatic carbocycles. The Morgan fingerprint density at radius 3 is 2.45 bits per heavy atom. The van der Waals surface area contributed by atoms with Crippen LogP contribution in [0.1, 0.15) is 47.5 Å². The van der Waals surface area contributed by atoms with Crippen molar-refractivity contribution in [2.24, 2.45) is 17.8 Å². The lowest BCUT2D eigenvalue weighted by molar-refractivity contribution is -0.162. The predicted octanol–water partition coefficient (Wildman–Crippen LogP) is 1.67. The van der Waals surface area contributed by atoms with E-state index >= 15 is 0 Å². The Balaban J connectivity index is 1.92. The van der Waals surface area contributed by atoms with Gasteiger partial charge in [0.1, 0.15) is 17.6 Å². The number of rotatable bonds is 4. The molecule has 4 aliphatic heterocycles. The third-order valence-electron chi connectivity index (χ3n) is 7.66. The molecule has 0 aromatic carbocycles. The van der Waals surface area contributed by atoms with Gasteiger partial charge in [-0.15, -0.1) is 0 Å². The van der Waals surface area contributed by atoms with Crippen molar-refractivity contribution in [3.05, 3.63) is 24.3 Å². The van der Waals surface area contributed by atoms with Crippen LogP contribution in [0.25, 0.3) is 0 Å². The van der Waals surface area contributed by atoms with E-state index in [0.717, 1.165) is 6.42 Å². The summed E-state index contributed by atoms with van der Waals surface area (Å²) in [6.07, 6.45) is 8.95. The molecular formula is C25H36N2O6. The molecule has 4 heterocycles. The number of ether oxygens (including phenoxy) is 2. The molecule has 1 unspecified atom stereocenters. The lowest BCUT2D eigenvalue weighted by Crippen LogP contribution is -2.60. The van der Waals surface area contributed by atoms with Crippen LogP contribution in [0.3, 0.4) is 0 Å². The highest BCUT2D eigenvalue weighted by Crippen LogP contribution is 2.57. The standard InChI is InChI=1S/C25H36N2O6/c1-15(2)17(14-28)27-20-22(30)26(16(3)4)12-9-11-25(20)18(21(27)29)19-23(31)32-13-8-6-7-10-24(19,5)33-25/h7,9-11,15-20,28H,6,8,12-14H2,1-5H3/b10-7-/t17-,18-,19-,20?,24+,25-/m0/s1. The Kier molecular flexibility index (Phi) is 6.20. The van der Waals surface area contributed by atoms with E-state index in [1.165, 1.54) is 4.90 Å². The Labute approximate surface area is 195 Å². The van der Waals surface area contributed by atoms with E-state index < -0.39 is 41.1 Å². The molecule has 0 radical (unpaired) electrons. The molecule has 0 saturated carbocycles. The molecular weight excluding hydrogens is 424 g/mol.